The molecule has 0 saturated carbocycles. The summed E-state index contributed by atoms with van der Waals surface area (Å²) in [5, 5.41) is 10.4. The Kier molecular flexibility index (Phi) is 3.28. The lowest BCUT2D eigenvalue weighted by Crippen LogP contribution is -2.34. The molecule has 0 radical (unpaired) electrons. The Labute approximate surface area is 120 Å². The van der Waals surface area contributed by atoms with Crippen molar-refractivity contribution in [3.05, 3.63) is 40.3 Å². The van der Waals surface area contributed by atoms with Gasteiger partial charge in [0.25, 0.3) is 0 Å². The third kappa shape index (κ3) is 1.97. The summed E-state index contributed by atoms with van der Waals surface area (Å²) in [5.41, 5.74) is 7.86. The summed E-state index contributed by atoms with van der Waals surface area (Å²) in [7, 11) is 0. The molecule has 0 fully saturated rings. The molecule has 1 heterocycles. The van der Waals surface area contributed by atoms with Crippen LogP contribution in [0, 0.1) is 6.92 Å². The van der Waals surface area contributed by atoms with Crippen molar-refractivity contribution >= 4 is 33.3 Å². The smallest absolute Gasteiger partial charge is 0.134 e. The largest absolute Gasteiger partial charge is 0.506 e. The molecule has 98 valence electrons. The molecule has 2 rings (SSSR count). The summed E-state index contributed by atoms with van der Waals surface area (Å²) >= 11 is 9.71. The fourth-order valence-electron chi connectivity index (χ4n) is 2.51. The zero-order chi connectivity index (χ0) is 13.7. The van der Waals surface area contributed by atoms with Crippen molar-refractivity contribution in [1.29, 1.82) is 0 Å². The molecule has 1 aliphatic carbocycles. The molecule has 3 nitrogen and oxygen atoms in total. The molecule has 0 spiro atoms. The van der Waals surface area contributed by atoms with Crippen LogP contribution in [0.25, 0.3) is 0 Å². The number of anilines is 1. The number of rotatable bonds is 1. The van der Waals surface area contributed by atoms with Crippen LogP contribution in [-0.2, 0) is 0 Å². The van der Waals surface area contributed by atoms with Gasteiger partial charge in [-0.15, -0.1) is 0 Å². The lowest BCUT2D eigenvalue weighted by molar-refractivity contribution is 0.387. The van der Waals surface area contributed by atoms with Gasteiger partial charge < -0.3 is 15.4 Å². The van der Waals surface area contributed by atoms with Crippen LogP contribution < -0.4 is 5.73 Å². The number of nitrogen functional groups attached to an aromatic ring is 1. The SMILES string of the molecule is CC1=C(O)C(Cl)=CC(C)(Br)C1n1c(C)ccc1N. The molecule has 5 heteroatoms. The fraction of sp³-hybridized carbons (Fsp3) is 0.385. The third-order valence-electron chi connectivity index (χ3n) is 3.37. The lowest BCUT2D eigenvalue weighted by atomic mass is 9.89. The first kappa shape index (κ1) is 13.6. The van der Waals surface area contributed by atoms with Crippen molar-refractivity contribution in [3.8, 4) is 0 Å². The molecular formula is C13H16BrClN2O. The van der Waals surface area contributed by atoms with E-state index in [2.05, 4.69) is 15.9 Å². The summed E-state index contributed by atoms with van der Waals surface area (Å²) in [4.78, 5) is 0. The van der Waals surface area contributed by atoms with Gasteiger partial charge in [-0.25, -0.2) is 0 Å². The van der Waals surface area contributed by atoms with Crippen LogP contribution in [0.15, 0.2) is 34.6 Å². The number of nitrogens with zero attached hydrogens (tertiary/aromatic N) is 1. The molecule has 1 aliphatic rings. The van der Waals surface area contributed by atoms with E-state index in [1.807, 2.05) is 37.5 Å². The van der Waals surface area contributed by atoms with E-state index in [4.69, 9.17) is 17.3 Å². The minimum absolute atomic E-state index is 0.102. The van der Waals surface area contributed by atoms with Gasteiger partial charge in [0.1, 0.15) is 11.6 Å². The summed E-state index contributed by atoms with van der Waals surface area (Å²) in [6, 6.07) is 3.72. The number of alkyl halides is 1. The van der Waals surface area contributed by atoms with Gasteiger partial charge in [0.2, 0.25) is 0 Å². The van der Waals surface area contributed by atoms with Crippen molar-refractivity contribution in [1.82, 2.24) is 4.57 Å². The Morgan fingerprint density at radius 3 is 2.56 bits per heavy atom. The van der Waals surface area contributed by atoms with Crippen LogP contribution in [0.3, 0.4) is 0 Å². The lowest BCUT2D eigenvalue weighted by Gasteiger charge is -2.37. The Morgan fingerprint density at radius 1 is 1.44 bits per heavy atom. The number of nitrogens with two attached hydrogens (primary N) is 1. The van der Waals surface area contributed by atoms with Gasteiger partial charge in [-0.05, 0) is 44.6 Å². The summed E-state index contributed by atoms with van der Waals surface area (Å²) in [6.45, 7) is 5.87. The summed E-state index contributed by atoms with van der Waals surface area (Å²) in [5.74, 6) is 0.799. The Hall–Kier alpha value is -0.870. The highest BCUT2D eigenvalue weighted by molar-refractivity contribution is 9.10. The van der Waals surface area contributed by atoms with Crippen molar-refractivity contribution < 1.29 is 5.11 Å². The second kappa shape index (κ2) is 4.35. The van der Waals surface area contributed by atoms with E-state index >= 15 is 0 Å². The van der Waals surface area contributed by atoms with Gasteiger partial charge in [0, 0.05) is 5.69 Å². The van der Waals surface area contributed by atoms with Crippen molar-refractivity contribution in [3.63, 3.8) is 0 Å². The highest BCUT2D eigenvalue weighted by atomic mass is 79.9. The van der Waals surface area contributed by atoms with E-state index in [-0.39, 0.29) is 11.8 Å². The predicted molar refractivity (Wildman–Crippen MR) is 79.2 cm³/mol. The summed E-state index contributed by atoms with van der Waals surface area (Å²) < 4.78 is 1.61. The molecule has 3 N–H and O–H groups in total. The normalized spacial score (nSPS) is 28.5. The number of allylic oxidation sites excluding steroid dienone is 3. The Balaban J connectivity index is 2.64. The van der Waals surface area contributed by atoms with Crippen LogP contribution in [0.1, 0.15) is 25.6 Å². The van der Waals surface area contributed by atoms with E-state index in [9.17, 15) is 5.11 Å². The molecule has 18 heavy (non-hydrogen) atoms. The first-order chi connectivity index (χ1) is 8.25. The third-order valence-corrected chi connectivity index (χ3v) is 4.32. The molecule has 0 saturated heterocycles. The topological polar surface area (TPSA) is 51.2 Å². The molecule has 2 unspecified atom stereocenters. The van der Waals surface area contributed by atoms with Crippen LogP contribution in [0.4, 0.5) is 5.82 Å². The molecular weight excluding hydrogens is 316 g/mol. The zero-order valence-corrected chi connectivity index (χ0v) is 12.9. The maximum absolute atomic E-state index is 10.0. The average molecular weight is 332 g/mol. The van der Waals surface area contributed by atoms with Gasteiger partial charge in [0.15, 0.2) is 0 Å². The number of aromatic nitrogens is 1. The van der Waals surface area contributed by atoms with E-state index in [0.717, 1.165) is 11.3 Å². The van der Waals surface area contributed by atoms with E-state index in [0.29, 0.717) is 10.9 Å². The van der Waals surface area contributed by atoms with Gasteiger partial charge in [-0.3, -0.25) is 0 Å². The van der Waals surface area contributed by atoms with Crippen LogP contribution in [0.5, 0.6) is 0 Å². The van der Waals surface area contributed by atoms with Crippen LogP contribution in [0.2, 0.25) is 0 Å². The van der Waals surface area contributed by atoms with E-state index in [1.54, 1.807) is 6.08 Å². The Morgan fingerprint density at radius 2 is 2.06 bits per heavy atom. The quantitative estimate of drug-likeness (QED) is 0.763. The number of hydrogen-bond acceptors (Lipinski definition) is 2. The highest BCUT2D eigenvalue weighted by Crippen LogP contribution is 2.46. The predicted octanol–water partition coefficient (Wildman–Crippen LogP) is 4.04. The number of aryl methyl sites for hydroxylation is 1. The highest BCUT2D eigenvalue weighted by Gasteiger charge is 2.39. The maximum Gasteiger partial charge on any atom is 0.134 e. The standard InChI is InChI=1S/C13H16BrClN2O/c1-7-4-5-10(16)17(7)12-8(2)11(18)9(15)6-13(12,3)14/h4-6,12,18H,16H2,1-3H3. The number of halogens is 2. The molecule has 0 aliphatic heterocycles. The minimum Gasteiger partial charge on any atom is -0.506 e. The number of aliphatic hydroxyl groups is 1. The molecule has 0 amide bonds. The second-order valence-electron chi connectivity index (χ2n) is 4.85. The summed E-state index contributed by atoms with van der Waals surface area (Å²) in [6.07, 6.45) is 1.81. The maximum atomic E-state index is 10.0. The first-order valence-corrected chi connectivity index (χ1v) is 6.83. The van der Waals surface area contributed by atoms with Crippen molar-refractivity contribution in [2.75, 3.05) is 5.73 Å². The van der Waals surface area contributed by atoms with Crippen molar-refractivity contribution in [2.45, 2.75) is 31.1 Å². The van der Waals surface area contributed by atoms with Crippen LogP contribution in [-0.4, -0.2) is 14.0 Å². The van der Waals surface area contributed by atoms with E-state index < -0.39 is 4.32 Å². The molecule has 1 aromatic rings. The Bertz CT molecular complexity index is 538. The fourth-order valence-corrected chi connectivity index (χ4v) is 3.79. The van der Waals surface area contributed by atoms with Crippen molar-refractivity contribution in [2.24, 2.45) is 0 Å². The molecule has 1 aromatic heterocycles. The zero-order valence-electron chi connectivity index (χ0n) is 10.5. The van der Waals surface area contributed by atoms with E-state index in [1.165, 1.54) is 0 Å². The number of hydrogen-bond donors (Lipinski definition) is 2. The second-order valence-corrected chi connectivity index (χ2v) is 6.96. The average Bonchev–Trinajstić information content (AvgIpc) is 2.57. The van der Waals surface area contributed by atoms with Gasteiger partial charge in [0.05, 0.1) is 15.4 Å². The van der Waals surface area contributed by atoms with Gasteiger partial charge in [-0.2, -0.15) is 0 Å². The molecule has 2 atom stereocenters. The monoisotopic (exact) mass is 330 g/mol. The number of aliphatic hydroxyl groups excluding tert-OH is 1. The van der Waals surface area contributed by atoms with Crippen LogP contribution >= 0.6 is 27.5 Å². The first-order valence-electron chi connectivity index (χ1n) is 5.66. The molecule has 0 aromatic carbocycles. The molecule has 0 bridgehead atoms. The van der Waals surface area contributed by atoms with Gasteiger partial charge >= 0.3 is 0 Å². The van der Waals surface area contributed by atoms with Gasteiger partial charge in [-0.1, -0.05) is 27.5 Å². The minimum atomic E-state index is -0.391.